The number of rotatable bonds is 6. The molecule has 0 amide bonds. The van der Waals surface area contributed by atoms with E-state index in [1.807, 2.05) is 0 Å². The molecule has 4 nitrogen and oxygen atoms in total. The zero-order chi connectivity index (χ0) is 42.2. The van der Waals surface area contributed by atoms with Gasteiger partial charge >= 0.3 is 0 Å². The molecule has 12 rings (SSSR count). The van der Waals surface area contributed by atoms with E-state index in [1.165, 1.54) is 140 Å². The zero-order valence-corrected chi connectivity index (χ0v) is 37.1. The van der Waals surface area contributed by atoms with Crippen molar-refractivity contribution < 1.29 is 9.47 Å². The summed E-state index contributed by atoms with van der Waals surface area (Å²) in [6.45, 7) is 10.0. The first-order chi connectivity index (χ1) is 30.1. The lowest BCUT2D eigenvalue weighted by Crippen LogP contribution is -2.54. The van der Waals surface area contributed by atoms with Gasteiger partial charge in [-0.25, -0.2) is 0 Å². The van der Waals surface area contributed by atoms with Gasteiger partial charge in [0.25, 0.3) is 0 Å². The largest absolute Gasteiger partial charge is 0.497 e. The van der Waals surface area contributed by atoms with Crippen LogP contribution in [0.25, 0.3) is 54.6 Å². The molecular weight excluding hydrogens is 757 g/mol. The molecule has 2 aliphatic heterocycles. The average molecular weight is 813 g/mol. The molecule has 2 aliphatic carbocycles. The number of anilines is 4. The van der Waals surface area contributed by atoms with Gasteiger partial charge in [-0.05, 0) is 178 Å². The molecule has 62 heavy (non-hydrogen) atoms. The van der Waals surface area contributed by atoms with Crippen LogP contribution in [0, 0.1) is 0 Å². The SMILES string of the molecule is COc1cccc(N2c3ccc(-c4cc5ccc6cc(-c7ccc8c(c7)C7(C)CCCCC7(C)N8c7cccc(OC)c7)cc7ccc(c4)c5c67)cc3C3(C)CCCCC23C)c1. The molecule has 2 fully saturated rings. The number of benzene rings is 8. The Labute approximate surface area is 366 Å². The Kier molecular flexibility index (Phi) is 8.07. The van der Waals surface area contributed by atoms with Crippen molar-refractivity contribution in [1.29, 1.82) is 0 Å². The standard InChI is InChI=1S/C58H56N2O2/c1-55-25-7-9-27-57(55,3)59(45-13-11-15-47(35-45)61-5)51-23-21-37(33-49(51)55)43-29-39-17-19-41-31-44(32-42-20-18-40(30-43)53(39)54(41)42)38-22-24-52-50(34-38)56(2)26-8-10-28-58(56,4)60(52)46-14-12-16-48(36-46)62-6/h11-24,29-36H,7-10,25-28H2,1-6H3. The van der Waals surface area contributed by atoms with Gasteiger partial charge in [-0.15, -0.1) is 0 Å². The third-order valence-corrected chi connectivity index (χ3v) is 17.0. The maximum absolute atomic E-state index is 5.71. The first-order valence-corrected chi connectivity index (χ1v) is 23.0. The third kappa shape index (κ3) is 5.01. The molecule has 0 radical (unpaired) electrons. The topological polar surface area (TPSA) is 24.9 Å². The first kappa shape index (κ1) is 37.7. The summed E-state index contributed by atoms with van der Waals surface area (Å²) in [7, 11) is 3.53. The van der Waals surface area contributed by atoms with Crippen LogP contribution in [-0.2, 0) is 10.8 Å². The van der Waals surface area contributed by atoms with Gasteiger partial charge in [0.15, 0.2) is 0 Å². The van der Waals surface area contributed by atoms with E-state index < -0.39 is 0 Å². The smallest absolute Gasteiger partial charge is 0.120 e. The Morgan fingerprint density at radius 2 is 0.790 bits per heavy atom. The van der Waals surface area contributed by atoms with Crippen LogP contribution in [0.1, 0.15) is 90.2 Å². The van der Waals surface area contributed by atoms with Crippen LogP contribution in [0.2, 0.25) is 0 Å². The molecule has 0 spiro atoms. The van der Waals surface area contributed by atoms with Crippen molar-refractivity contribution in [1.82, 2.24) is 0 Å². The molecule has 8 aromatic rings. The molecule has 4 heteroatoms. The van der Waals surface area contributed by atoms with Crippen LogP contribution in [0.15, 0.2) is 133 Å². The van der Waals surface area contributed by atoms with Crippen molar-refractivity contribution >= 4 is 55.1 Å². The lowest BCUT2D eigenvalue weighted by Gasteiger charge is -2.50. The Balaban J connectivity index is 0.939. The van der Waals surface area contributed by atoms with Crippen molar-refractivity contribution in [3.05, 3.63) is 145 Å². The fraction of sp³-hybridized carbons (Fsp3) is 0.310. The van der Waals surface area contributed by atoms with Gasteiger partial charge in [0.1, 0.15) is 11.5 Å². The van der Waals surface area contributed by atoms with E-state index in [4.69, 9.17) is 9.47 Å². The van der Waals surface area contributed by atoms with Crippen molar-refractivity contribution in [2.75, 3.05) is 24.0 Å². The molecule has 2 heterocycles. The Hall–Kier alpha value is -6.00. The van der Waals surface area contributed by atoms with Gasteiger partial charge in [0.2, 0.25) is 0 Å². The lowest BCUT2D eigenvalue weighted by atomic mass is 9.61. The van der Waals surface area contributed by atoms with Crippen LogP contribution in [0.3, 0.4) is 0 Å². The molecule has 8 aromatic carbocycles. The Morgan fingerprint density at radius 3 is 1.18 bits per heavy atom. The summed E-state index contributed by atoms with van der Waals surface area (Å²) in [5.41, 5.74) is 13.2. The summed E-state index contributed by atoms with van der Waals surface area (Å²) < 4.78 is 11.4. The molecule has 0 bridgehead atoms. The van der Waals surface area contributed by atoms with E-state index >= 15 is 0 Å². The van der Waals surface area contributed by atoms with Gasteiger partial charge < -0.3 is 19.3 Å². The molecular formula is C58H56N2O2. The van der Waals surface area contributed by atoms with Crippen LogP contribution in [-0.4, -0.2) is 25.3 Å². The second-order valence-electron chi connectivity index (χ2n) is 19.9. The summed E-state index contributed by atoms with van der Waals surface area (Å²) in [4.78, 5) is 5.27. The maximum Gasteiger partial charge on any atom is 0.120 e. The predicted octanol–water partition coefficient (Wildman–Crippen LogP) is 15.4. The second-order valence-corrected chi connectivity index (χ2v) is 19.9. The summed E-state index contributed by atoms with van der Waals surface area (Å²) in [6.07, 6.45) is 9.74. The number of nitrogens with zero attached hydrogens (tertiary/aromatic N) is 2. The van der Waals surface area contributed by atoms with Crippen molar-refractivity contribution in [2.45, 2.75) is 101 Å². The summed E-state index contributed by atoms with van der Waals surface area (Å²) in [6, 6.07) is 51.0. The molecule has 310 valence electrons. The van der Waals surface area contributed by atoms with E-state index in [2.05, 4.69) is 171 Å². The molecule has 4 aliphatic rings. The lowest BCUT2D eigenvalue weighted by molar-refractivity contribution is 0.195. The number of fused-ring (bicyclic) bond motifs is 6. The van der Waals surface area contributed by atoms with Crippen LogP contribution >= 0.6 is 0 Å². The average Bonchev–Trinajstić information content (AvgIpc) is 3.64. The fourth-order valence-corrected chi connectivity index (χ4v) is 13.3. The molecule has 4 atom stereocenters. The fourth-order valence-electron chi connectivity index (χ4n) is 13.3. The minimum Gasteiger partial charge on any atom is -0.497 e. The highest BCUT2D eigenvalue weighted by Gasteiger charge is 2.59. The molecule has 0 aromatic heterocycles. The first-order valence-electron chi connectivity index (χ1n) is 23.0. The van der Waals surface area contributed by atoms with Crippen molar-refractivity contribution in [3.63, 3.8) is 0 Å². The van der Waals surface area contributed by atoms with Gasteiger partial charge in [-0.2, -0.15) is 0 Å². The molecule has 0 saturated heterocycles. The van der Waals surface area contributed by atoms with E-state index in [0.29, 0.717) is 0 Å². The zero-order valence-electron chi connectivity index (χ0n) is 37.1. The second kappa shape index (κ2) is 13.3. The normalized spacial score (nSPS) is 25.3. The molecule has 2 saturated carbocycles. The van der Waals surface area contributed by atoms with E-state index in [0.717, 1.165) is 11.5 Å². The Bertz CT molecular complexity index is 2840. The molecule has 0 N–H and O–H groups in total. The quantitative estimate of drug-likeness (QED) is 0.156. The van der Waals surface area contributed by atoms with Gasteiger partial charge in [-0.1, -0.05) is 88.1 Å². The van der Waals surface area contributed by atoms with Gasteiger partial charge in [-0.3, -0.25) is 0 Å². The molecule has 4 unspecified atom stereocenters. The minimum absolute atomic E-state index is 0.0176. The third-order valence-electron chi connectivity index (χ3n) is 17.0. The number of hydrogen-bond acceptors (Lipinski definition) is 4. The number of ether oxygens (including phenoxy) is 2. The number of methoxy groups -OCH3 is 2. The highest BCUT2D eigenvalue weighted by atomic mass is 16.5. The highest BCUT2D eigenvalue weighted by Crippen LogP contribution is 2.63. The monoisotopic (exact) mass is 812 g/mol. The van der Waals surface area contributed by atoms with E-state index in [9.17, 15) is 0 Å². The summed E-state index contributed by atoms with van der Waals surface area (Å²) >= 11 is 0. The predicted molar refractivity (Wildman–Crippen MR) is 260 cm³/mol. The van der Waals surface area contributed by atoms with Crippen molar-refractivity contribution in [2.24, 2.45) is 0 Å². The summed E-state index contributed by atoms with van der Waals surface area (Å²) in [5, 5.41) is 7.93. The maximum atomic E-state index is 5.71. The van der Waals surface area contributed by atoms with E-state index in [-0.39, 0.29) is 21.9 Å². The van der Waals surface area contributed by atoms with Crippen LogP contribution < -0.4 is 19.3 Å². The number of hydrogen-bond donors (Lipinski definition) is 0. The Morgan fingerprint density at radius 1 is 0.403 bits per heavy atom. The van der Waals surface area contributed by atoms with Gasteiger partial charge in [0, 0.05) is 45.7 Å². The van der Waals surface area contributed by atoms with Gasteiger partial charge in [0.05, 0.1) is 25.3 Å². The highest BCUT2D eigenvalue weighted by molar-refractivity contribution is 6.24. The minimum atomic E-state index is -0.0176. The van der Waals surface area contributed by atoms with Crippen LogP contribution in [0.4, 0.5) is 22.7 Å². The van der Waals surface area contributed by atoms with Crippen molar-refractivity contribution in [3.8, 4) is 33.8 Å². The van der Waals surface area contributed by atoms with E-state index in [1.54, 1.807) is 14.2 Å². The summed E-state index contributed by atoms with van der Waals surface area (Å²) in [5.74, 6) is 1.81. The van der Waals surface area contributed by atoms with Crippen LogP contribution in [0.5, 0.6) is 11.5 Å².